The van der Waals surface area contributed by atoms with Gasteiger partial charge in [0.15, 0.2) is 0 Å². The van der Waals surface area contributed by atoms with Crippen molar-refractivity contribution >= 4 is 23.2 Å². The van der Waals surface area contributed by atoms with Crippen molar-refractivity contribution in [1.29, 1.82) is 5.26 Å². The molecule has 1 fully saturated rings. The molecule has 2 aromatic rings. The van der Waals surface area contributed by atoms with E-state index in [0.29, 0.717) is 29.4 Å². The predicted molar refractivity (Wildman–Crippen MR) is 91.8 cm³/mol. The summed E-state index contributed by atoms with van der Waals surface area (Å²) in [5.41, 5.74) is 8.81. The monoisotopic (exact) mass is 343 g/mol. The first kappa shape index (κ1) is 16.3. The average molecular weight is 344 g/mol. The maximum atomic E-state index is 12.0. The first-order chi connectivity index (χ1) is 11.4. The lowest BCUT2D eigenvalue weighted by atomic mass is 9.89. The largest absolute Gasteiger partial charge is 0.369 e. The lowest BCUT2D eigenvalue weighted by molar-refractivity contribution is -0.121. The van der Waals surface area contributed by atoms with Crippen LogP contribution < -0.4 is 10.6 Å². The van der Waals surface area contributed by atoms with Crippen LogP contribution in [0.1, 0.15) is 22.7 Å². The summed E-state index contributed by atoms with van der Waals surface area (Å²) >= 11 is 6.32. The third-order valence-electron chi connectivity index (χ3n) is 4.78. The van der Waals surface area contributed by atoms with Crippen LogP contribution in [0.3, 0.4) is 0 Å². The Morgan fingerprint density at radius 1 is 1.46 bits per heavy atom. The summed E-state index contributed by atoms with van der Waals surface area (Å²) in [6, 6.07) is 7.39. The Bertz CT molecular complexity index is 838. The second kappa shape index (κ2) is 6.17. The summed E-state index contributed by atoms with van der Waals surface area (Å²) in [5, 5.41) is 14.1. The molecule has 6 nitrogen and oxygen atoms in total. The highest BCUT2D eigenvalue weighted by Crippen LogP contribution is 2.40. The minimum atomic E-state index is -0.351. The van der Waals surface area contributed by atoms with E-state index < -0.39 is 0 Å². The Morgan fingerprint density at radius 3 is 2.79 bits per heavy atom. The normalized spacial score (nSPS) is 20.2. The van der Waals surface area contributed by atoms with Gasteiger partial charge < -0.3 is 10.6 Å². The number of anilines is 1. The quantitative estimate of drug-likeness (QED) is 0.922. The summed E-state index contributed by atoms with van der Waals surface area (Å²) in [6.45, 7) is 2.98. The molecule has 1 saturated heterocycles. The van der Waals surface area contributed by atoms with Gasteiger partial charge in [-0.15, -0.1) is 0 Å². The fraction of sp³-hybridized carbons (Fsp3) is 0.353. The molecule has 0 bridgehead atoms. The van der Waals surface area contributed by atoms with Crippen LogP contribution in [0.2, 0.25) is 5.02 Å². The number of nitrogens with zero attached hydrogens (tertiary/aromatic N) is 4. The number of benzene rings is 1. The van der Waals surface area contributed by atoms with Crippen LogP contribution in [0.4, 0.5) is 5.69 Å². The number of halogens is 1. The van der Waals surface area contributed by atoms with Crippen molar-refractivity contribution in [2.45, 2.75) is 12.8 Å². The number of para-hydroxylation sites is 1. The number of rotatable bonds is 3. The molecule has 0 spiro atoms. The molecular formula is C17H18ClN5O. The van der Waals surface area contributed by atoms with Gasteiger partial charge >= 0.3 is 0 Å². The molecule has 0 aliphatic carbocycles. The minimum Gasteiger partial charge on any atom is -0.369 e. The van der Waals surface area contributed by atoms with Crippen LogP contribution in [0.15, 0.2) is 24.4 Å². The number of carbonyl (C=O) groups is 1. The molecule has 2 atom stereocenters. The molecule has 0 saturated carbocycles. The predicted octanol–water partition coefficient (Wildman–Crippen LogP) is 1.96. The zero-order chi connectivity index (χ0) is 17.4. The minimum absolute atomic E-state index is 0.0704. The third kappa shape index (κ3) is 2.61. The van der Waals surface area contributed by atoms with Crippen molar-refractivity contribution in [2.24, 2.45) is 18.7 Å². The molecular weight excluding hydrogens is 326 g/mol. The Morgan fingerprint density at radius 2 is 2.21 bits per heavy atom. The fourth-order valence-electron chi connectivity index (χ4n) is 3.40. The first-order valence-corrected chi connectivity index (χ1v) is 8.03. The summed E-state index contributed by atoms with van der Waals surface area (Å²) in [6.07, 6.45) is 1.79. The molecule has 1 aromatic carbocycles. The van der Waals surface area contributed by atoms with E-state index in [1.807, 2.05) is 18.9 Å². The van der Waals surface area contributed by atoms with E-state index in [1.165, 1.54) is 0 Å². The number of aryl methyl sites for hydroxylation is 1. The van der Waals surface area contributed by atoms with E-state index in [2.05, 4.69) is 11.2 Å². The zero-order valence-electron chi connectivity index (χ0n) is 13.5. The van der Waals surface area contributed by atoms with Gasteiger partial charge in [0.2, 0.25) is 5.91 Å². The highest BCUT2D eigenvalue weighted by molar-refractivity contribution is 6.33. The lowest BCUT2D eigenvalue weighted by Crippen LogP contribution is -2.29. The standard InChI is InChI=1S/C17H18ClN5O/c1-10-12(7-21-22(10)2)13-8-23(9-14(13)17(20)24)16-11(6-19)4-3-5-15(16)18/h3-5,7,13-14H,8-9H2,1-2H3,(H2,20,24)/t13-,14+/m1/s1. The van der Waals surface area contributed by atoms with Gasteiger partial charge in [0.05, 0.1) is 28.4 Å². The number of nitrogens with two attached hydrogens (primary N) is 1. The van der Waals surface area contributed by atoms with Crippen LogP contribution in [-0.2, 0) is 11.8 Å². The number of hydrogen-bond acceptors (Lipinski definition) is 4. The topological polar surface area (TPSA) is 87.9 Å². The first-order valence-electron chi connectivity index (χ1n) is 7.65. The van der Waals surface area contributed by atoms with E-state index >= 15 is 0 Å². The van der Waals surface area contributed by atoms with Gasteiger partial charge in [-0.2, -0.15) is 10.4 Å². The number of amides is 1. The molecule has 0 radical (unpaired) electrons. The number of primary amides is 1. The van der Waals surface area contributed by atoms with Crippen molar-refractivity contribution in [3.8, 4) is 6.07 Å². The summed E-state index contributed by atoms with van der Waals surface area (Å²) in [7, 11) is 1.87. The smallest absolute Gasteiger partial charge is 0.223 e. The molecule has 1 aromatic heterocycles. The second-order valence-corrected chi connectivity index (χ2v) is 6.48. The average Bonchev–Trinajstić information content (AvgIpc) is 3.11. The summed E-state index contributed by atoms with van der Waals surface area (Å²) in [4.78, 5) is 14.0. The number of aromatic nitrogens is 2. The van der Waals surface area contributed by atoms with Crippen molar-refractivity contribution in [2.75, 3.05) is 18.0 Å². The SMILES string of the molecule is Cc1c([C@H]2CN(c3c(Cl)cccc3C#N)C[C@@H]2C(N)=O)cnn1C. The highest BCUT2D eigenvalue weighted by atomic mass is 35.5. The molecule has 124 valence electrons. The number of nitriles is 1. The molecule has 1 aliphatic heterocycles. The molecule has 1 aliphatic rings. The van der Waals surface area contributed by atoms with Gasteiger partial charge in [-0.3, -0.25) is 9.48 Å². The molecule has 3 rings (SSSR count). The Balaban J connectivity index is 2.02. The third-order valence-corrected chi connectivity index (χ3v) is 5.09. The molecule has 1 amide bonds. The van der Waals surface area contributed by atoms with Gasteiger partial charge in [0.1, 0.15) is 6.07 Å². The van der Waals surface area contributed by atoms with Gasteiger partial charge in [0, 0.05) is 31.7 Å². The Kier molecular flexibility index (Phi) is 4.20. The van der Waals surface area contributed by atoms with Crippen LogP contribution in [0.25, 0.3) is 0 Å². The van der Waals surface area contributed by atoms with Crippen molar-refractivity contribution < 1.29 is 4.79 Å². The zero-order valence-corrected chi connectivity index (χ0v) is 14.3. The van der Waals surface area contributed by atoms with Crippen LogP contribution >= 0.6 is 11.6 Å². The summed E-state index contributed by atoms with van der Waals surface area (Å²) in [5.74, 6) is -0.772. The van der Waals surface area contributed by atoms with Gasteiger partial charge in [0.25, 0.3) is 0 Å². The number of hydrogen-bond donors (Lipinski definition) is 1. The van der Waals surface area contributed by atoms with E-state index in [9.17, 15) is 10.1 Å². The molecule has 7 heteroatoms. The van der Waals surface area contributed by atoms with Crippen LogP contribution in [-0.4, -0.2) is 28.8 Å². The fourth-order valence-corrected chi connectivity index (χ4v) is 3.69. The van der Waals surface area contributed by atoms with E-state index in [4.69, 9.17) is 17.3 Å². The van der Waals surface area contributed by atoms with E-state index in [0.717, 1.165) is 11.3 Å². The Labute approximate surface area is 145 Å². The van der Waals surface area contributed by atoms with Gasteiger partial charge in [-0.05, 0) is 24.6 Å². The Hall–Kier alpha value is -2.52. The molecule has 0 unspecified atom stereocenters. The van der Waals surface area contributed by atoms with E-state index in [-0.39, 0.29) is 17.7 Å². The highest BCUT2D eigenvalue weighted by Gasteiger charge is 2.40. The van der Waals surface area contributed by atoms with Crippen LogP contribution in [0, 0.1) is 24.2 Å². The molecule has 2 N–H and O–H groups in total. The maximum Gasteiger partial charge on any atom is 0.223 e. The maximum absolute atomic E-state index is 12.0. The molecule has 24 heavy (non-hydrogen) atoms. The van der Waals surface area contributed by atoms with Crippen molar-refractivity contribution in [3.63, 3.8) is 0 Å². The van der Waals surface area contributed by atoms with Gasteiger partial charge in [-0.1, -0.05) is 17.7 Å². The van der Waals surface area contributed by atoms with Gasteiger partial charge in [-0.25, -0.2) is 0 Å². The number of carbonyl (C=O) groups excluding carboxylic acids is 1. The van der Waals surface area contributed by atoms with Crippen molar-refractivity contribution in [3.05, 3.63) is 46.2 Å². The van der Waals surface area contributed by atoms with Crippen LogP contribution in [0.5, 0.6) is 0 Å². The molecule has 2 heterocycles. The lowest BCUT2D eigenvalue weighted by Gasteiger charge is -2.21. The summed E-state index contributed by atoms with van der Waals surface area (Å²) < 4.78 is 1.78. The van der Waals surface area contributed by atoms with Crippen molar-refractivity contribution in [1.82, 2.24) is 9.78 Å². The second-order valence-electron chi connectivity index (χ2n) is 6.08. The van der Waals surface area contributed by atoms with E-state index in [1.54, 1.807) is 29.1 Å².